The number of rotatable bonds is 9. The molecule has 0 rings (SSSR count). The van der Waals surface area contributed by atoms with Crippen molar-refractivity contribution in [3.8, 4) is 0 Å². The fraction of sp³-hybridized carbons (Fsp3) is 0.733. The van der Waals surface area contributed by atoms with E-state index < -0.39 is 12.0 Å². The van der Waals surface area contributed by atoms with Gasteiger partial charge in [0.1, 0.15) is 0 Å². The smallest absolute Gasteiger partial charge is 0.373 e. The zero-order valence-electron chi connectivity index (χ0n) is 13.9. The molecule has 1 amide bonds. The third-order valence-corrected chi connectivity index (χ3v) is 2.73. The monoisotopic (exact) mass is 330 g/mol. The van der Waals surface area contributed by atoms with Gasteiger partial charge in [-0.15, -0.1) is 0 Å². The first-order chi connectivity index (χ1) is 10.6. The van der Waals surface area contributed by atoms with Crippen LogP contribution in [0.5, 0.6) is 0 Å². The summed E-state index contributed by atoms with van der Waals surface area (Å²) in [4.78, 5) is 50.5. The van der Waals surface area contributed by atoms with E-state index >= 15 is 0 Å². The van der Waals surface area contributed by atoms with Crippen LogP contribution in [0.15, 0.2) is 0 Å². The number of carbonyl (C=O) groups excluding carboxylic acids is 4. The molecule has 8 heteroatoms. The lowest BCUT2D eigenvalue weighted by atomic mass is 9.85. The summed E-state index contributed by atoms with van der Waals surface area (Å²) >= 11 is 0. The number of Topliss-reactive ketones (excluding diaryl/α,β-unsaturated/α-hetero) is 1. The Hall–Kier alpha value is -2.05. The molecule has 0 aliphatic carbocycles. The Kier molecular flexibility index (Phi) is 12.6. The Labute approximate surface area is 135 Å². The Morgan fingerprint density at radius 3 is 2.04 bits per heavy atom. The Morgan fingerprint density at radius 1 is 1.13 bits per heavy atom. The van der Waals surface area contributed by atoms with Gasteiger partial charge < -0.3 is 16.2 Å². The summed E-state index contributed by atoms with van der Waals surface area (Å²) < 4.78 is 0. The predicted octanol–water partition coefficient (Wildman–Crippen LogP) is 0.497. The SMILES string of the molecule is CC(C)(C)CC(NC(=O)CCCN)C(=O)CCC(=O)O.O=C=O. The molecule has 132 valence electrons. The average molecular weight is 330 g/mol. The Balaban J connectivity index is 0. The van der Waals surface area contributed by atoms with E-state index in [2.05, 4.69) is 5.32 Å². The fourth-order valence-corrected chi connectivity index (χ4v) is 1.79. The van der Waals surface area contributed by atoms with Gasteiger partial charge in [-0.25, -0.2) is 0 Å². The molecule has 0 saturated heterocycles. The molecule has 0 fully saturated rings. The van der Waals surface area contributed by atoms with Crippen molar-refractivity contribution in [3.05, 3.63) is 0 Å². The number of ketones is 1. The van der Waals surface area contributed by atoms with Crippen molar-refractivity contribution in [2.75, 3.05) is 6.54 Å². The summed E-state index contributed by atoms with van der Waals surface area (Å²) in [7, 11) is 0. The summed E-state index contributed by atoms with van der Waals surface area (Å²) in [6.45, 7) is 6.33. The van der Waals surface area contributed by atoms with Crippen LogP contribution in [0.1, 0.15) is 52.9 Å². The minimum absolute atomic E-state index is 0.0623. The number of carboxylic acid groups (broad SMARTS) is 1. The maximum absolute atomic E-state index is 12.0. The van der Waals surface area contributed by atoms with E-state index in [1.807, 2.05) is 20.8 Å². The molecular weight excluding hydrogens is 304 g/mol. The molecule has 4 N–H and O–H groups in total. The number of nitrogens with two attached hydrogens (primary N) is 1. The van der Waals surface area contributed by atoms with Gasteiger partial charge in [0.05, 0.1) is 12.5 Å². The second kappa shape index (κ2) is 12.5. The zero-order valence-corrected chi connectivity index (χ0v) is 13.9. The first kappa shape index (κ1) is 23.2. The van der Waals surface area contributed by atoms with Crippen LogP contribution in [0, 0.1) is 5.41 Å². The molecule has 23 heavy (non-hydrogen) atoms. The normalized spacial score (nSPS) is 11.5. The number of carbonyl (C=O) groups is 3. The third-order valence-electron chi connectivity index (χ3n) is 2.73. The maximum Gasteiger partial charge on any atom is 0.373 e. The van der Waals surface area contributed by atoms with Gasteiger partial charge >= 0.3 is 12.1 Å². The van der Waals surface area contributed by atoms with Gasteiger partial charge in [0.2, 0.25) is 5.91 Å². The topological polar surface area (TPSA) is 144 Å². The quantitative estimate of drug-likeness (QED) is 0.558. The number of carboxylic acids is 1. The zero-order chi connectivity index (χ0) is 18.5. The molecule has 0 radical (unpaired) electrons. The number of aliphatic carboxylic acids is 1. The molecule has 0 aromatic rings. The molecule has 0 aliphatic heterocycles. The van der Waals surface area contributed by atoms with E-state index in [0.29, 0.717) is 19.4 Å². The highest BCUT2D eigenvalue weighted by atomic mass is 16.4. The largest absolute Gasteiger partial charge is 0.481 e. The second-order valence-corrected chi connectivity index (χ2v) is 6.22. The average Bonchev–Trinajstić information content (AvgIpc) is 2.41. The first-order valence-electron chi connectivity index (χ1n) is 7.30. The molecule has 8 nitrogen and oxygen atoms in total. The molecule has 1 atom stereocenters. The van der Waals surface area contributed by atoms with Gasteiger partial charge in [-0.05, 0) is 24.8 Å². The molecule has 0 aliphatic rings. The molecule has 0 spiro atoms. The van der Waals surface area contributed by atoms with Crippen LogP contribution in [-0.4, -0.2) is 41.5 Å². The van der Waals surface area contributed by atoms with E-state index in [0.717, 1.165) is 0 Å². The van der Waals surface area contributed by atoms with E-state index in [1.54, 1.807) is 0 Å². The molecule has 0 heterocycles. The van der Waals surface area contributed by atoms with Crippen LogP contribution in [0.25, 0.3) is 0 Å². The van der Waals surface area contributed by atoms with Gasteiger partial charge in [-0.2, -0.15) is 9.59 Å². The lowest BCUT2D eigenvalue weighted by Gasteiger charge is -2.26. The molecule has 0 aromatic heterocycles. The van der Waals surface area contributed by atoms with Crippen molar-refractivity contribution in [1.82, 2.24) is 5.32 Å². The highest BCUT2D eigenvalue weighted by Crippen LogP contribution is 2.22. The summed E-state index contributed by atoms with van der Waals surface area (Å²) in [6, 6.07) is -0.625. The third kappa shape index (κ3) is 16.2. The Bertz CT molecular complexity index is 422. The summed E-state index contributed by atoms with van der Waals surface area (Å²) in [5, 5.41) is 11.3. The lowest BCUT2D eigenvalue weighted by molar-refractivity contribution is -0.191. The van der Waals surface area contributed by atoms with Crippen LogP contribution in [0.3, 0.4) is 0 Å². The standard InChI is InChI=1S/C14H26N2O4.CO2/c1-14(2,3)9-10(11(17)6-7-13(19)20)16-12(18)5-4-8-15;2-1-3/h10H,4-9,15H2,1-3H3,(H,16,18)(H,19,20);. The molecule has 1 unspecified atom stereocenters. The van der Waals surface area contributed by atoms with Crippen molar-refractivity contribution in [3.63, 3.8) is 0 Å². The Morgan fingerprint density at radius 2 is 1.65 bits per heavy atom. The van der Waals surface area contributed by atoms with Crippen LogP contribution in [0.2, 0.25) is 0 Å². The van der Waals surface area contributed by atoms with Crippen LogP contribution in [-0.2, 0) is 24.0 Å². The summed E-state index contributed by atoms with van der Waals surface area (Å²) in [5.74, 6) is -1.46. The van der Waals surface area contributed by atoms with E-state index in [4.69, 9.17) is 20.4 Å². The molecule has 0 bridgehead atoms. The highest BCUT2D eigenvalue weighted by molar-refractivity contribution is 5.90. The lowest BCUT2D eigenvalue weighted by Crippen LogP contribution is -2.43. The van der Waals surface area contributed by atoms with Gasteiger partial charge in [0, 0.05) is 12.8 Å². The molecule has 0 aromatic carbocycles. The summed E-state index contributed by atoms with van der Waals surface area (Å²) in [5.41, 5.74) is 5.20. The van der Waals surface area contributed by atoms with Crippen molar-refractivity contribution >= 4 is 23.8 Å². The van der Waals surface area contributed by atoms with E-state index in [1.165, 1.54) is 0 Å². The number of hydrogen-bond acceptors (Lipinski definition) is 6. The van der Waals surface area contributed by atoms with Crippen molar-refractivity contribution in [2.24, 2.45) is 11.1 Å². The van der Waals surface area contributed by atoms with Crippen molar-refractivity contribution in [1.29, 1.82) is 0 Å². The minimum Gasteiger partial charge on any atom is -0.481 e. The molecular formula is C15H26N2O6. The number of nitrogens with one attached hydrogen (secondary N) is 1. The van der Waals surface area contributed by atoms with Gasteiger partial charge in [-0.1, -0.05) is 20.8 Å². The summed E-state index contributed by atoms with van der Waals surface area (Å²) in [6.07, 6.45) is 1.31. The van der Waals surface area contributed by atoms with Gasteiger partial charge in [-0.3, -0.25) is 14.4 Å². The van der Waals surface area contributed by atoms with Crippen LogP contribution in [0.4, 0.5) is 0 Å². The van der Waals surface area contributed by atoms with Crippen LogP contribution >= 0.6 is 0 Å². The van der Waals surface area contributed by atoms with Gasteiger partial charge in [0.15, 0.2) is 5.78 Å². The van der Waals surface area contributed by atoms with Crippen molar-refractivity contribution < 1.29 is 29.1 Å². The van der Waals surface area contributed by atoms with Crippen molar-refractivity contribution in [2.45, 2.75) is 58.9 Å². The fourth-order valence-electron chi connectivity index (χ4n) is 1.79. The second-order valence-electron chi connectivity index (χ2n) is 6.22. The van der Waals surface area contributed by atoms with Gasteiger partial charge in [0.25, 0.3) is 0 Å². The minimum atomic E-state index is -1.01. The number of hydrogen-bond donors (Lipinski definition) is 3. The van der Waals surface area contributed by atoms with E-state index in [9.17, 15) is 14.4 Å². The number of amides is 1. The molecule has 0 saturated carbocycles. The predicted molar refractivity (Wildman–Crippen MR) is 81.2 cm³/mol. The highest BCUT2D eigenvalue weighted by Gasteiger charge is 2.26. The first-order valence-corrected chi connectivity index (χ1v) is 7.30. The maximum atomic E-state index is 12.0. The van der Waals surface area contributed by atoms with Crippen LogP contribution < -0.4 is 11.1 Å². The van der Waals surface area contributed by atoms with E-state index in [-0.39, 0.29) is 42.5 Å².